The van der Waals surface area contributed by atoms with Crippen molar-refractivity contribution in [2.45, 2.75) is 18.7 Å². The Morgan fingerprint density at radius 1 is 1.06 bits per heavy atom. The minimum atomic E-state index is -0.198. The molecule has 0 fully saturated rings. The van der Waals surface area contributed by atoms with Gasteiger partial charge in [-0.15, -0.1) is 11.8 Å². The fourth-order valence-corrected chi connectivity index (χ4v) is 4.50. The van der Waals surface area contributed by atoms with E-state index in [4.69, 9.17) is 13.9 Å². The van der Waals surface area contributed by atoms with Crippen LogP contribution in [0.1, 0.15) is 18.1 Å². The number of benzene rings is 3. The summed E-state index contributed by atoms with van der Waals surface area (Å²) in [4.78, 5) is 13.9. The summed E-state index contributed by atoms with van der Waals surface area (Å²) in [5.41, 5.74) is 5.96. The van der Waals surface area contributed by atoms with Gasteiger partial charge in [-0.25, -0.2) is 0 Å². The van der Waals surface area contributed by atoms with Crippen molar-refractivity contribution in [2.75, 3.05) is 25.8 Å². The molecule has 0 atom stereocenters. The number of amides is 1. The first-order valence-electron chi connectivity index (χ1n) is 10.8. The molecule has 4 rings (SSSR count). The minimum absolute atomic E-state index is 0.198. The number of nitrogens with one attached hydrogen (secondary N) is 1. The summed E-state index contributed by atoms with van der Waals surface area (Å²) in [7, 11) is 3.28. The highest BCUT2D eigenvalue weighted by atomic mass is 32.2. The first-order valence-corrected chi connectivity index (χ1v) is 12.0. The fraction of sp³-hybridized carbons (Fsp3) is 0.179. The number of methoxy groups -OCH3 is 2. The van der Waals surface area contributed by atoms with E-state index in [2.05, 4.69) is 5.32 Å². The summed E-state index contributed by atoms with van der Waals surface area (Å²) in [5, 5.41) is 3.90. The molecule has 0 saturated carbocycles. The molecule has 3 aromatic carbocycles. The normalized spacial score (nSPS) is 11.5. The maximum Gasteiger partial charge on any atom is 0.248 e. The number of rotatable bonds is 7. The average molecular weight is 474 g/mol. The van der Waals surface area contributed by atoms with Gasteiger partial charge >= 0.3 is 0 Å². The number of carbonyl (C=O) groups is 1. The van der Waals surface area contributed by atoms with Gasteiger partial charge in [-0.1, -0.05) is 18.2 Å². The SMILES string of the molecule is COc1cccc(-c2coc3c(C)c(OC)c(/C(C)=C/C(=O)Nc4cccc(SC)c4)cc23)c1. The quantitative estimate of drug-likeness (QED) is 0.227. The first kappa shape index (κ1) is 23.5. The van der Waals surface area contributed by atoms with Crippen molar-refractivity contribution in [1.29, 1.82) is 0 Å². The smallest absolute Gasteiger partial charge is 0.248 e. The van der Waals surface area contributed by atoms with E-state index in [0.29, 0.717) is 5.75 Å². The Kier molecular flexibility index (Phi) is 6.98. The van der Waals surface area contributed by atoms with Gasteiger partial charge < -0.3 is 19.2 Å². The molecule has 1 heterocycles. The van der Waals surface area contributed by atoms with Crippen LogP contribution in [0.5, 0.6) is 11.5 Å². The van der Waals surface area contributed by atoms with Crippen molar-refractivity contribution in [3.05, 3.63) is 78.1 Å². The van der Waals surface area contributed by atoms with Crippen LogP contribution in [0.2, 0.25) is 0 Å². The van der Waals surface area contributed by atoms with Crippen molar-refractivity contribution in [3.63, 3.8) is 0 Å². The maximum absolute atomic E-state index is 12.8. The molecule has 34 heavy (non-hydrogen) atoms. The summed E-state index contributed by atoms with van der Waals surface area (Å²) >= 11 is 1.63. The Morgan fingerprint density at radius 2 is 1.85 bits per heavy atom. The first-order chi connectivity index (χ1) is 16.4. The number of hydrogen-bond acceptors (Lipinski definition) is 5. The van der Waals surface area contributed by atoms with Gasteiger partial charge in [0, 0.05) is 38.7 Å². The Morgan fingerprint density at radius 3 is 2.59 bits per heavy atom. The number of furan rings is 1. The second-order valence-corrected chi connectivity index (χ2v) is 8.77. The number of aryl methyl sites for hydroxylation is 1. The van der Waals surface area contributed by atoms with E-state index in [1.807, 2.05) is 74.7 Å². The zero-order chi connectivity index (χ0) is 24.2. The molecule has 0 unspecified atom stereocenters. The highest BCUT2D eigenvalue weighted by Crippen LogP contribution is 2.41. The topological polar surface area (TPSA) is 60.7 Å². The highest BCUT2D eigenvalue weighted by Gasteiger charge is 2.19. The van der Waals surface area contributed by atoms with Crippen LogP contribution >= 0.6 is 11.8 Å². The van der Waals surface area contributed by atoms with Crippen LogP contribution in [0.3, 0.4) is 0 Å². The van der Waals surface area contributed by atoms with E-state index < -0.39 is 0 Å². The highest BCUT2D eigenvalue weighted by molar-refractivity contribution is 7.98. The summed E-state index contributed by atoms with van der Waals surface area (Å²) < 4.78 is 17.1. The molecule has 0 spiro atoms. The van der Waals surface area contributed by atoms with Gasteiger partial charge in [0.15, 0.2) is 0 Å². The van der Waals surface area contributed by atoms with E-state index in [1.165, 1.54) is 0 Å². The number of carbonyl (C=O) groups excluding carboxylic acids is 1. The Labute approximate surface area is 203 Å². The summed E-state index contributed by atoms with van der Waals surface area (Å²) in [6, 6.07) is 17.6. The van der Waals surface area contributed by atoms with Gasteiger partial charge in [0.2, 0.25) is 5.91 Å². The number of anilines is 1. The van der Waals surface area contributed by atoms with Gasteiger partial charge in [0.25, 0.3) is 0 Å². The molecule has 1 amide bonds. The predicted molar refractivity (Wildman–Crippen MR) is 140 cm³/mol. The van der Waals surface area contributed by atoms with Gasteiger partial charge in [-0.2, -0.15) is 0 Å². The fourth-order valence-electron chi connectivity index (χ4n) is 4.04. The third kappa shape index (κ3) is 4.68. The van der Waals surface area contributed by atoms with Crippen LogP contribution in [-0.4, -0.2) is 26.4 Å². The third-order valence-electron chi connectivity index (χ3n) is 5.74. The summed E-state index contributed by atoms with van der Waals surface area (Å²) in [6.45, 7) is 3.87. The third-order valence-corrected chi connectivity index (χ3v) is 6.46. The van der Waals surface area contributed by atoms with Crippen LogP contribution in [-0.2, 0) is 4.79 Å². The molecule has 0 aliphatic carbocycles. The standard InChI is InChI=1S/C28H27NO4S/c1-17(12-26(30)29-20-9-7-11-22(14-20)34-5)23-15-24-25(19-8-6-10-21(13-19)31-3)16-33-28(24)18(2)27(23)32-4/h6-16H,1-5H3,(H,29,30)/b17-12+. The van der Waals surface area contributed by atoms with Crippen molar-refractivity contribution in [1.82, 2.24) is 0 Å². The van der Waals surface area contributed by atoms with Gasteiger partial charge in [-0.05, 0) is 67.6 Å². The van der Waals surface area contributed by atoms with Crippen LogP contribution < -0.4 is 14.8 Å². The van der Waals surface area contributed by atoms with Crippen molar-refractivity contribution in [3.8, 4) is 22.6 Å². The Balaban J connectivity index is 1.75. The van der Waals surface area contributed by atoms with Crippen LogP contribution in [0.25, 0.3) is 27.7 Å². The molecule has 1 aromatic heterocycles. The summed E-state index contributed by atoms with van der Waals surface area (Å²) in [5.74, 6) is 1.26. The lowest BCUT2D eigenvalue weighted by molar-refractivity contribution is -0.111. The molecular formula is C28H27NO4S. The second kappa shape index (κ2) is 10.1. The molecular weight excluding hydrogens is 446 g/mol. The lowest BCUT2D eigenvalue weighted by Gasteiger charge is -2.13. The number of fused-ring (bicyclic) bond motifs is 1. The largest absolute Gasteiger partial charge is 0.497 e. The molecule has 1 N–H and O–H groups in total. The van der Waals surface area contributed by atoms with Crippen molar-refractivity contribution in [2.24, 2.45) is 0 Å². The van der Waals surface area contributed by atoms with E-state index in [-0.39, 0.29) is 5.91 Å². The Bertz CT molecular complexity index is 1390. The van der Waals surface area contributed by atoms with E-state index in [1.54, 1.807) is 38.3 Å². The van der Waals surface area contributed by atoms with Crippen molar-refractivity contribution < 1.29 is 18.7 Å². The lowest BCUT2D eigenvalue weighted by atomic mass is 9.96. The molecule has 0 aliphatic rings. The van der Waals surface area contributed by atoms with Crippen LogP contribution in [0, 0.1) is 6.92 Å². The molecule has 0 aliphatic heterocycles. The number of allylic oxidation sites excluding steroid dienone is 1. The molecule has 6 heteroatoms. The van der Waals surface area contributed by atoms with Gasteiger partial charge in [-0.3, -0.25) is 4.79 Å². The second-order valence-electron chi connectivity index (χ2n) is 7.89. The number of hydrogen-bond donors (Lipinski definition) is 1. The molecule has 174 valence electrons. The van der Waals surface area contributed by atoms with E-state index >= 15 is 0 Å². The number of ether oxygens (including phenoxy) is 2. The van der Waals surface area contributed by atoms with E-state index in [0.717, 1.165) is 55.1 Å². The summed E-state index contributed by atoms with van der Waals surface area (Å²) in [6.07, 6.45) is 5.35. The molecule has 0 saturated heterocycles. The van der Waals surface area contributed by atoms with Gasteiger partial charge in [0.1, 0.15) is 17.1 Å². The zero-order valence-corrected chi connectivity index (χ0v) is 20.7. The molecule has 5 nitrogen and oxygen atoms in total. The molecule has 0 radical (unpaired) electrons. The van der Waals surface area contributed by atoms with Crippen LogP contribution in [0.4, 0.5) is 5.69 Å². The monoisotopic (exact) mass is 473 g/mol. The average Bonchev–Trinajstić information content (AvgIpc) is 3.28. The van der Waals surface area contributed by atoms with Crippen molar-refractivity contribution >= 4 is 39.9 Å². The number of thioether (sulfide) groups is 1. The molecule has 4 aromatic rings. The predicted octanol–water partition coefficient (Wildman–Crippen LogP) is 7.19. The molecule has 0 bridgehead atoms. The zero-order valence-electron chi connectivity index (χ0n) is 19.9. The van der Waals surface area contributed by atoms with E-state index in [9.17, 15) is 4.79 Å². The lowest BCUT2D eigenvalue weighted by Crippen LogP contribution is -2.08. The van der Waals surface area contributed by atoms with Crippen LogP contribution in [0.15, 0.2) is 76.2 Å². The Hall–Kier alpha value is -3.64. The maximum atomic E-state index is 12.8. The van der Waals surface area contributed by atoms with Gasteiger partial charge in [0.05, 0.1) is 20.5 Å². The minimum Gasteiger partial charge on any atom is -0.497 e.